The minimum atomic E-state index is -0.818. The van der Waals surface area contributed by atoms with E-state index in [0.29, 0.717) is 0 Å². The molecule has 0 bridgehead atoms. The first-order valence-corrected chi connectivity index (χ1v) is 10.5. The molecule has 0 saturated carbocycles. The Morgan fingerprint density at radius 2 is 1.88 bits per heavy atom. The van der Waals surface area contributed by atoms with E-state index >= 15 is 0 Å². The SMILES string of the molecule is CCC[C@H](NC(=O)c1cnc(Nc2c(F)cccc2F)c(C=N)c1Cl)c1ccccc1C. The molecule has 0 aliphatic rings. The first-order valence-electron chi connectivity index (χ1n) is 10.1. The highest BCUT2D eigenvalue weighted by molar-refractivity contribution is 6.36. The number of para-hydroxylation sites is 1. The third-order valence-corrected chi connectivity index (χ3v) is 5.50. The number of amides is 1. The van der Waals surface area contributed by atoms with E-state index in [0.717, 1.165) is 42.3 Å². The van der Waals surface area contributed by atoms with Gasteiger partial charge in [-0.2, -0.15) is 0 Å². The zero-order valence-electron chi connectivity index (χ0n) is 17.7. The normalized spacial score (nSPS) is 11.7. The molecule has 0 aliphatic heterocycles. The molecule has 0 spiro atoms. The first kappa shape index (κ1) is 23.3. The second-order valence-electron chi connectivity index (χ2n) is 7.29. The molecule has 0 saturated heterocycles. The van der Waals surface area contributed by atoms with Crippen LogP contribution in [0.5, 0.6) is 0 Å². The molecule has 1 amide bonds. The fourth-order valence-electron chi connectivity index (χ4n) is 3.44. The van der Waals surface area contributed by atoms with Crippen molar-refractivity contribution in [1.82, 2.24) is 10.3 Å². The van der Waals surface area contributed by atoms with E-state index < -0.39 is 23.2 Å². The average molecular weight is 457 g/mol. The van der Waals surface area contributed by atoms with Crippen LogP contribution >= 0.6 is 11.6 Å². The summed E-state index contributed by atoms with van der Waals surface area (Å²) in [5.74, 6) is -2.12. The van der Waals surface area contributed by atoms with Crippen molar-refractivity contribution in [3.05, 3.63) is 87.6 Å². The van der Waals surface area contributed by atoms with Gasteiger partial charge in [0.1, 0.15) is 23.1 Å². The van der Waals surface area contributed by atoms with Crippen molar-refractivity contribution in [2.45, 2.75) is 32.7 Å². The highest BCUT2D eigenvalue weighted by Gasteiger charge is 2.22. The predicted octanol–water partition coefficient (Wildman–Crippen LogP) is 6.33. The summed E-state index contributed by atoms with van der Waals surface area (Å²) >= 11 is 6.41. The highest BCUT2D eigenvalue weighted by atomic mass is 35.5. The number of aromatic nitrogens is 1. The minimum absolute atomic E-state index is 0.0328. The Bertz CT molecular complexity index is 1130. The van der Waals surface area contributed by atoms with Crippen LogP contribution in [-0.2, 0) is 0 Å². The van der Waals surface area contributed by atoms with Crippen LogP contribution in [0.25, 0.3) is 0 Å². The molecule has 3 rings (SSSR count). The zero-order valence-corrected chi connectivity index (χ0v) is 18.4. The molecular formula is C24H23ClF2N4O. The van der Waals surface area contributed by atoms with Crippen molar-refractivity contribution in [2.24, 2.45) is 0 Å². The number of pyridine rings is 1. The van der Waals surface area contributed by atoms with E-state index in [1.54, 1.807) is 0 Å². The van der Waals surface area contributed by atoms with Crippen molar-refractivity contribution in [2.75, 3.05) is 5.32 Å². The topological polar surface area (TPSA) is 77.9 Å². The maximum absolute atomic E-state index is 14.0. The standard InChI is InChI=1S/C24H23ClF2N4O/c1-3-7-20(15-9-5-4-8-14(15)2)30-24(32)17-13-29-23(16(12-28)21(17)25)31-22-18(26)10-6-11-19(22)27/h4-6,8-13,20,28H,3,7H2,1-2H3,(H,29,31)(H,30,32)/t20-/m0/s1. The van der Waals surface area contributed by atoms with E-state index in [2.05, 4.69) is 15.6 Å². The fourth-order valence-corrected chi connectivity index (χ4v) is 3.72. The van der Waals surface area contributed by atoms with Gasteiger partial charge in [-0.15, -0.1) is 0 Å². The van der Waals surface area contributed by atoms with Gasteiger partial charge in [0.2, 0.25) is 0 Å². The zero-order chi connectivity index (χ0) is 23.3. The van der Waals surface area contributed by atoms with Gasteiger partial charge in [-0.3, -0.25) is 4.79 Å². The maximum atomic E-state index is 14.0. The molecule has 1 heterocycles. The number of benzene rings is 2. The smallest absolute Gasteiger partial charge is 0.254 e. The molecule has 166 valence electrons. The Labute approximate surface area is 190 Å². The lowest BCUT2D eigenvalue weighted by Crippen LogP contribution is -2.29. The monoisotopic (exact) mass is 456 g/mol. The first-order chi connectivity index (χ1) is 15.4. The van der Waals surface area contributed by atoms with Crippen LogP contribution in [0.4, 0.5) is 20.3 Å². The van der Waals surface area contributed by atoms with Crippen molar-refractivity contribution < 1.29 is 13.6 Å². The van der Waals surface area contributed by atoms with Gasteiger partial charge in [0.25, 0.3) is 5.91 Å². The third-order valence-electron chi connectivity index (χ3n) is 5.09. The van der Waals surface area contributed by atoms with Crippen LogP contribution in [0.1, 0.15) is 52.9 Å². The fraction of sp³-hybridized carbons (Fsp3) is 0.208. The number of nitrogens with zero attached hydrogens (tertiary/aromatic N) is 1. The second-order valence-corrected chi connectivity index (χ2v) is 7.66. The van der Waals surface area contributed by atoms with Gasteiger partial charge in [0, 0.05) is 12.4 Å². The summed E-state index contributed by atoms with van der Waals surface area (Å²) < 4.78 is 28.0. The van der Waals surface area contributed by atoms with E-state index in [-0.39, 0.29) is 28.0 Å². The van der Waals surface area contributed by atoms with E-state index in [1.165, 1.54) is 12.3 Å². The number of nitrogens with one attached hydrogen (secondary N) is 3. The number of anilines is 2. The van der Waals surface area contributed by atoms with Crippen LogP contribution < -0.4 is 10.6 Å². The Hall–Kier alpha value is -3.32. The van der Waals surface area contributed by atoms with Gasteiger partial charge in [0.05, 0.1) is 22.2 Å². The lowest BCUT2D eigenvalue weighted by molar-refractivity contribution is 0.0934. The number of carbonyl (C=O) groups is 1. The minimum Gasteiger partial charge on any atom is -0.345 e. The van der Waals surface area contributed by atoms with E-state index in [9.17, 15) is 13.6 Å². The molecule has 2 aromatic carbocycles. The second kappa shape index (κ2) is 10.3. The number of halogens is 3. The van der Waals surface area contributed by atoms with Gasteiger partial charge in [-0.05, 0) is 36.6 Å². The molecule has 8 heteroatoms. The summed E-state index contributed by atoms with van der Waals surface area (Å²) in [6, 6.07) is 11.0. The quantitative estimate of drug-likeness (QED) is 0.346. The summed E-state index contributed by atoms with van der Waals surface area (Å²) in [7, 11) is 0. The predicted molar refractivity (Wildman–Crippen MR) is 123 cm³/mol. The molecule has 3 aromatic rings. The van der Waals surface area contributed by atoms with Gasteiger partial charge >= 0.3 is 0 Å². The van der Waals surface area contributed by atoms with Crippen molar-refractivity contribution in [1.29, 1.82) is 5.41 Å². The van der Waals surface area contributed by atoms with E-state index in [1.807, 2.05) is 38.1 Å². The molecular weight excluding hydrogens is 434 g/mol. The Morgan fingerprint density at radius 3 is 2.50 bits per heavy atom. The molecule has 1 atom stereocenters. The summed E-state index contributed by atoms with van der Waals surface area (Å²) in [4.78, 5) is 17.1. The number of aryl methyl sites for hydroxylation is 1. The summed E-state index contributed by atoms with van der Waals surface area (Å²) in [6.07, 6.45) is 3.70. The lowest BCUT2D eigenvalue weighted by atomic mass is 9.97. The number of hydrogen-bond acceptors (Lipinski definition) is 4. The Morgan fingerprint density at radius 1 is 1.19 bits per heavy atom. The summed E-state index contributed by atoms with van der Waals surface area (Å²) in [6.45, 7) is 4.01. The largest absolute Gasteiger partial charge is 0.345 e. The Balaban J connectivity index is 1.92. The molecule has 32 heavy (non-hydrogen) atoms. The van der Waals surface area contributed by atoms with Crippen LogP contribution in [0.15, 0.2) is 48.7 Å². The average Bonchev–Trinajstić information content (AvgIpc) is 2.76. The van der Waals surface area contributed by atoms with Crippen molar-refractivity contribution in [3.8, 4) is 0 Å². The molecule has 3 N–H and O–H groups in total. The van der Waals surface area contributed by atoms with Gasteiger partial charge in [-0.1, -0.05) is 55.3 Å². The van der Waals surface area contributed by atoms with Crippen LogP contribution in [0.2, 0.25) is 5.02 Å². The van der Waals surface area contributed by atoms with E-state index in [4.69, 9.17) is 17.0 Å². The highest BCUT2D eigenvalue weighted by Crippen LogP contribution is 2.30. The molecule has 0 aliphatic carbocycles. The van der Waals surface area contributed by atoms with Gasteiger partial charge in [-0.25, -0.2) is 13.8 Å². The molecule has 0 radical (unpaired) electrons. The Kier molecular flexibility index (Phi) is 7.53. The molecule has 0 unspecified atom stereocenters. The maximum Gasteiger partial charge on any atom is 0.254 e. The molecule has 1 aromatic heterocycles. The molecule has 5 nitrogen and oxygen atoms in total. The van der Waals surface area contributed by atoms with Gasteiger partial charge < -0.3 is 16.0 Å². The summed E-state index contributed by atoms with van der Waals surface area (Å²) in [5, 5.41) is 13.2. The summed E-state index contributed by atoms with van der Waals surface area (Å²) in [5.41, 5.74) is 1.76. The van der Waals surface area contributed by atoms with Crippen molar-refractivity contribution >= 4 is 35.2 Å². The van der Waals surface area contributed by atoms with Crippen LogP contribution in [0, 0.1) is 24.0 Å². The van der Waals surface area contributed by atoms with Crippen LogP contribution in [0.3, 0.4) is 0 Å². The molecule has 0 fully saturated rings. The van der Waals surface area contributed by atoms with Crippen molar-refractivity contribution in [3.63, 3.8) is 0 Å². The number of hydrogen-bond donors (Lipinski definition) is 3. The number of rotatable bonds is 8. The third kappa shape index (κ3) is 4.94. The lowest BCUT2D eigenvalue weighted by Gasteiger charge is -2.21. The van der Waals surface area contributed by atoms with Gasteiger partial charge in [0.15, 0.2) is 0 Å². The number of carbonyl (C=O) groups excluding carboxylic acids is 1. The van der Waals surface area contributed by atoms with Crippen LogP contribution in [-0.4, -0.2) is 17.1 Å².